The molecule has 0 bridgehead atoms. The number of hydrogen-bond donors (Lipinski definition) is 17. The number of nitrogens with zero attached hydrogens (tertiary/aromatic N) is 3. The fourth-order valence-electron chi connectivity index (χ4n) is 7.71. The van der Waals surface area contributed by atoms with Gasteiger partial charge in [-0.25, -0.2) is 9.78 Å². The number of aliphatic carboxylic acids is 1. The summed E-state index contributed by atoms with van der Waals surface area (Å²) < 4.78 is 0. The van der Waals surface area contributed by atoms with E-state index in [-0.39, 0.29) is 82.8 Å². The zero-order valence-corrected chi connectivity index (χ0v) is 43.5. The molecular weight excluding hydrogens is 1000 g/mol. The van der Waals surface area contributed by atoms with E-state index in [1.54, 1.807) is 0 Å². The SMILES string of the molecule is C[C@H](NC(=O)[C@H](CCCCN)NC(=O)[C@H](Cc1cnc[nH]1)NC(=O)CNC(=O)[C@@H](N)CS)C(=O)N[C@@H](CCCCN)C(=O)NCC(=O)N1CCC[C@H]1C(=O)N[C@@H](CCCN=C(N)N)C(=O)N[C@@H](CCCCN)C(=O)O. The zero-order chi connectivity index (χ0) is 55.9. The first-order valence-electron chi connectivity index (χ1n) is 25.1. The largest absolute Gasteiger partial charge is 0.480 e. The number of hydrogen-bond acceptors (Lipinski definition) is 17. The number of unbranched alkanes of at least 4 members (excludes halogenated alkanes) is 3. The minimum Gasteiger partial charge on any atom is -0.480 e. The van der Waals surface area contributed by atoms with E-state index >= 15 is 0 Å². The summed E-state index contributed by atoms with van der Waals surface area (Å²) in [5.41, 5.74) is 33.9. The molecule has 1 aromatic rings. The second-order valence-electron chi connectivity index (χ2n) is 18.0. The van der Waals surface area contributed by atoms with Gasteiger partial charge in [0.15, 0.2) is 5.96 Å². The Morgan fingerprint density at radius 2 is 1.24 bits per heavy atom. The second-order valence-corrected chi connectivity index (χ2v) is 18.4. The third-order valence-electron chi connectivity index (χ3n) is 11.9. The second kappa shape index (κ2) is 35.5. The summed E-state index contributed by atoms with van der Waals surface area (Å²) >= 11 is 3.97. The highest BCUT2D eigenvalue weighted by Gasteiger charge is 2.37. The number of H-pyrrole nitrogens is 1. The number of carboxylic acid groups (broad SMARTS) is 1. The molecular formula is C45H80N18O11S. The van der Waals surface area contributed by atoms with Crippen molar-refractivity contribution in [3.8, 4) is 0 Å². The minimum atomic E-state index is -1.27. The van der Waals surface area contributed by atoms with Crippen LogP contribution in [0.5, 0.6) is 0 Å². The highest BCUT2D eigenvalue weighted by molar-refractivity contribution is 7.80. The van der Waals surface area contributed by atoms with Crippen molar-refractivity contribution >= 4 is 77.7 Å². The van der Waals surface area contributed by atoms with Crippen molar-refractivity contribution in [2.24, 2.45) is 39.4 Å². The molecule has 22 N–H and O–H groups in total. The van der Waals surface area contributed by atoms with Crippen LogP contribution in [0.4, 0.5) is 0 Å². The third-order valence-corrected chi connectivity index (χ3v) is 12.3. The Hall–Kier alpha value is -6.63. The lowest BCUT2D eigenvalue weighted by Gasteiger charge is -2.27. The van der Waals surface area contributed by atoms with Crippen molar-refractivity contribution in [1.29, 1.82) is 0 Å². The molecule has 422 valence electrons. The van der Waals surface area contributed by atoms with Gasteiger partial charge >= 0.3 is 5.97 Å². The van der Waals surface area contributed by atoms with Gasteiger partial charge in [-0.2, -0.15) is 12.6 Å². The number of imidazole rings is 1. The Morgan fingerprint density at radius 1 is 0.707 bits per heavy atom. The quantitative estimate of drug-likeness (QED) is 0.0128. The fraction of sp³-hybridized carbons (Fsp3) is 0.689. The fourth-order valence-corrected chi connectivity index (χ4v) is 7.88. The Balaban J connectivity index is 2.17. The van der Waals surface area contributed by atoms with Crippen LogP contribution in [-0.4, -0.2) is 185 Å². The first-order valence-corrected chi connectivity index (χ1v) is 25.8. The highest BCUT2D eigenvalue weighted by Crippen LogP contribution is 2.18. The maximum absolute atomic E-state index is 13.8. The summed E-state index contributed by atoms with van der Waals surface area (Å²) in [5, 5.41) is 30.2. The number of amides is 9. The van der Waals surface area contributed by atoms with Crippen LogP contribution < -0.4 is 76.9 Å². The van der Waals surface area contributed by atoms with Crippen LogP contribution in [0.15, 0.2) is 17.5 Å². The van der Waals surface area contributed by atoms with Crippen LogP contribution in [0.2, 0.25) is 0 Å². The van der Waals surface area contributed by atoms with Crippen LogP contribution in [-0.2, 0) is 54.4 Å². The number of nitrogens with one attached hydrogen (secondary N) is 9. The third kappa shape index (κ3) is 24.5. The smallest absolute Gasteiger partial charge is 0.326 e. The van der Waals surface area contributed by atoms with Crippen LogP contribution >= 0.6 is 12.6 Å². The molecule has 0 saturated carbocycles. The summed E-state index contributed by atoms with van der Waals surface area (Å²) in [5.74, 6) is -7.90. The number of carbonyl (C=O) groups is 10. The van der Waals surface area contributed by atoms with Crippen molar-refractivity contribution in [3.63, 3.8) is 0 Å². The van der Waals surface area contributed by atoms with Crippen molar-refractivity contribution in [3.05, 3.63) is 18.2 Å². The Bertz CT molecular complexity index is 2050. The molecule has 2 rings (SSSR count). The number of carbonyl (C=O) groups excluding carboxylic acids is 9. The number of thiol groups is 1. The van der Waals surface area contributed by atoms with Gasteiger partial charge in [-0.1, -0.05) is 0 Å². The van der Waals surface area contributed by atoms with Gasteiger partial charge in [0.2, 0.25) is 53.2 Å². The van der Waals surface area contributed by atoms with Gasteiger partial charge in [-0.15, -0.1) is 0 Å². The molecule has 0 unspecified atom stereocenters. The predicted molar refractivity (Wildman–Crippen MR) is 278 cm³/mol. The molecule has 29 nitrogen and oxygen atoms in total. The summed E-state index contributed by atoms with van der Waals surface area (Å²) in [6, 6.07) is -9.42. The molecule has 2 heterocycles. The number of nitrogens with two attached hydrogens (primary N) is 6. The molecule has 0 aliphatic carbocycles. The molecule has 1 fully saturated rings. The van der Waals surface area contributed by atoms with Crippen LogP contribution in [0.1, 0.15) is 96.1 Å². The van der Waals surface area contributed by atoms with Gasteiger partial charge in [0, 0.05) is 37.2 Å². The summed E-state index contributed by atoms with van der Waals surface area (Å²) in [6.07, 6.45) is 6.64. The maximum Gasteiger partial charge on any atom is 0.326 e. The topological polar surface area (TPSA) is 488 Å². The average Bonchev–Trinajstić information content (AvgIpc) is 4.10. The maximum atomic E-state index is 13.8. The molecule has 1 aliphatic rings. The van der Waals surface area contributed by atoms with E-state index in [2.05, 4.69) is 70.1 Å². The van der Waals surface area contributed by atoms with Gasteiger partial charge in [-0.05, 0) is 110 Å². The van der Waals surface area contributed by atoms with Crippen LogP contribution in [0.25, 0.3) is 0 Å². The van der Waals surface area contributed by atoms with Gasteiger partial charge < -0.3 is 91.9 Å². The van der Waals surface area contributed by atoms with Gasteiger partial charge in [0.05, 0.1) is 25.5 Å². The lowest BCUT2D eigenvalue weighted by molar-refractivity contribution is -0.143. The summed E-state index contributed by atoms with van der Waals surface area (Å²) in [7, 11) is 0. The summed E-state index contributed by atoms with van der Waals surface area (Å²) in [6.45, 7) is 1.44. The molecule has 0 radical (unpaired) electrons. The molecule has 1 aliphatic heterocycles. The standard InChI is InChI=1S/C45H80N18O11S/c1-26(57-40(69)30(11-3-6-16-47)60-42(71)33(20-27-21-52-25-56-27)58-35(64)22-54-38(67)28(49)24-75)37(66)59-29(10-2-5-15-46)39(68)55-23-36(65)63-19-9-14-34(63)43(72)61-31(13-8-18-53-45(50)51)41(70)62-32(44(73)74)12-4-7-17-48/h21,25-26,28-34,75H,2-20,22-24,46-49H2,1H3,(H,52,56)(H,54,67)(H,55,68)(H,57,69)(H,58,64)(H,59,66)(H,60,71)(H,61,72)(H,62,70)(H,73,74)(H4,50,51,53)/t26-,28-,29-,30-,31-,32-,33-,34-/m0/s1. The van der Waals surface area contributed by atoms with E-state index in [1.165, 1.54) is 24.3 Å². The lowest BCUT2D eigenvalue weighted by Crippen LogP contribution is -2.58. The van der Waals surface area contributed by atoms with E-state index < -0.39 is 121 Å². The van der Waals surface area contributed by atoms with Gasteiger partial charge in [-0.3, -0.25) is 48.1 Å². The Kier molecular flexibility index (Phi) is 30.6. The minimum absolute atomic E-state index is 0.0265. The van der Waals surface area contributed by atoms with Crippen molar-refractivity contribution in [2.45, 2.75) is 145 Å². The molecule has 75 heavy (non-hydrogen) atoms. The zero-order valence-electron chi connectivity index (χ0n) is 42.6. The number of aliphatic imine (C=N–C) groups is 1. The van der Waals surface area contributed by atoms with E-state index in [4.69, 9.17) is 34.4 Å². The monoisotopic (exact) mass is 1080 g/mol. The highest BCUT2D eigenvalue weighted by atomic mass is 32.1. The first kappa shape index (κ1) is 64.5. The van der Waals surface area contributed by atoms with Crippen LogP contribution in [0, 0.1) is 0 Å². The molecule has 9 amide bonds. The Labute approximate surface area is 441 Å². The molecule has 30 heteroatoms. The lowest BCUT2D eigenvalue weighted by atomic mass is 10.1. The summed E-state index contributed by atoms with van der Waals surface area (Å²) in [4.78, 5) is 145. The van der Waals surface area contributed by atoms with E-state index in [0.29, 0.717) is 57.2 Å². The van der Waals surface area contributed by atoms with Crippen molar-refractivity contribution in [2.75, 3.05) is 51.6 Å². The van der Waals surface area contributed by atoms with E-state index in [9.17, 15) is 53.1 Å². The number of aromatic nitrogens is 2. The number of aromatic amines is 1. The van der Waals surface area contributed by atoms with Gasteiger partial charge in [0.25, 0.3) is 0 Å². The Morgan fingerprint density at radius 3 is 1.81 bits per heavy atom. The molecule has 0 aromatic carbocycles. The first-order chi connectivity index (χ1) is 35.8. The van der Waals surface area contributed by atoms with Gasteiger partial charge in [0.1, 0.15) is 42.3 Å². The molecule has 1 saturated heterocycles. The van der Waals surface area contributed by atoms with E-state index in [1.807, 2.05) is 0 Å². The number of likely N-dealkylation sites (tertiary alicyclic amines) is 1. The normalized spacial score (nSPS) is 15.8. The van der Waals surface area contributed by atoms with Crippen molar-refractivity contribution in [1.82, 2.24) is 57.4 Å². The molecule has 0 spiro atoms. The van der Waals surface area contributed by atoms with Crippen LogP contribution in [0.3, 0.4) is 0 Å². The number of carboxylic acids is 1. The number of guanidine groups is 1. The van der Waals surface area contributed by atoms with E-state index in [0.717, 1.165) is 0 Å². The van der Waals surface area contributed by atoms with Crippen molar-refractivity contribution < 1.29 is 53.1 Å². The molecule has 1 aromatic heterocycles. The predicted octanol–water partition coefficient (Wildman–Crippen LogP) is -6.11. The average molecular weight is 1080 g/mol. The molecule has 8 atom stereocenters. The number of rotatable bonds is 37.